The summed E-state index contributed by atoms with van der Waals surface area (Å²) >= 11 is 0. The van der Waals surface area contributed by atoms with Gasteiger partial charge in [0.2, 0.25) is 5.91 Å². The molecular weight excluding hydrogens is 306 g/mol. The second-order valence-corrected chi connectivity index (χ2v) is 8.79. The Kier molecular flexibility index (Phi) is 5.19. The minimum atomic E-state index is -0.570. The van der Waals surface area contributed by atoms with E-state index in [1.54, 1.807) is 0 Å². The van der Waals surface area contributed by atoms with E-state index in [0.29, 0.717) is 18.6 Å². The van der Waals surface area contributed by atoms with Crippen LogP contribution in [0.4, 0.5) is 4.79 Å². The van der Waals surface area contributed by atoms with E-state index in [4.69, 9.17) is 0 Å². The standard InChI is InChI=1S/C18H33N3O3/c1-11(2)14(20-16(23)24-7)15(22)19-10-18-8-12(3)21(13(18)9-18)17(4,5)6/h11-14H,8-10H2,1-7H3,(H,19,22)(H,20,23)/t12-,13?,14+,18?/m1/s1. The van der Waals surface area contributed by atoms with E-state index in [9.17, 15) is 9.59 Å². The third-order valence-electron chi connectivity index (χ3n) is 5.46. The summed E-state index contributed by atoms with van der Waals surface area (Å²) in [5.41, 5.74) is 0.356. The zero-order valence-corrected chi connectivity index (χ0v) is 16.1. The Morgan fingerprint density at radius 2 is 1.92 bits per heavy atom. The van der Waals surface area contributed by atoms with E-state index in [1.807, 2.05) is 13.8 Å². The number of nitrogens with one attached hydrogen (secondary N) is 2. The lowest BCUT2D eigenvalue weighted by molar-refractivity contribution is -0.124. The molecule has 1 saturated heterocycles. The number of alkyl carbamates (subject to hydrolysis) is 1. The first-order valence-electron chi connectivity index (χ1n) is 8.92. The summed E-state index contributed by atoms with van der Waals surface area (Å²) < 4.78 is 4.62. The highest BCUT2D eigenvalue weighted by Gasteiger charge is 2.65. The first-order valence-corrected chi connectivity index (χ1v) is 8.92. The van der Waals surface area contributed by atoms with Crippen molar-refractivity contribution in [3.05, 3.63) is 0 Å². The van der Waals surface area contributed by atoms with E-state index >= 15 is 0 Å². The fourth-order valence-corrected chi connectivity index (χ4v) is 4.42. The maximum absolute atomic E-state index is 12.5. The van der Waals surface area contributed by atoms with Crippen LogP contribution in [0.15, 0.2) is 0 Å². The van der Waals surface area contributed by atoms with Gasteiger partial charge < -0.3 is 15.4 Å². The number of nitrogens with zero attached hydrogens (tertiary/aromatic N) is 1. The van der Waals surface area contributed by atoms with E-state index in [1.165, 1.54) is 7.11 Å². The molecule has 0 aromatic heterocycles. The topological polar surface area (TPSA) is 70.7 Å². The Balaban J connectivity index is 1.94. The second-order valence-electron chi connectivity index (χ2n) is 8.79. The lowest BCUT2D eigenvalue weighted by Gasteiger charge is -2.37. The molecule has 6 heteroatoms. The lowest BCUT2D eigenvalue weighted by atomic mass is 9.98. The second kappa shape index (κ2) is 6.54. The van der Waals surface area contributed by atoms with Crippen molar-refractivity contribution >= 4 is 12.0 Å². The molecule has 0 aromatic carbocycles. The predicted molar refractivity (Wildman–Crippen MR) is 93.7 cm³/mol. The molecule has 1 heterocycles. The average Bonchev–Trinajstić information content (AvgIpc) is 3.05. The fourth-order valence-electron chi connectivity index (χ4n) is 4.42. The summed E-state index contributed by atoms with van der Waals surface area (Å²) in [6.45, 7) is 13.5. The molecule has 6 nitrogen and oxygen atoms in total. The Morgan fingerprint density at radius 1 is 1.29 bits per heavy atom. The van der Waals surface area contributed by atoms with Gasteiger partial charge in [0.1, 0.15) is 6.04 Å². The van der Waals surface area contributed by atoms with Crippen LogP contribution in [-0.4, -0.2) is 54.2 Å². The minimum absolute atomic E-state index is 0.00479. The number of amides is 2. The average molecular weight is 339 g/mol. The third kappa shape index (κ3) is 3.68. The van der Waals surface area contributed by atoms with Crippen molar-refractivity contribution in [3.63, 3.8) is 0 Å². The van der Waals surface area contributed by atoms with Crippen molar-refractivity contribution in [1.82, 2.24) is 15.5 Å². The Labute approximate surface area is 145 Å². The maximum atomic E-state index is 12.5. The highest BCUT2D eigenvalue weighted by Crippen LogP contribution is 2.60. The first kappa shape index (κ1) is 19.0. The number of rotatable bonds is 5. The summed E-state index contributed by atoms with van der Waals surface area (Å²) in [6, 6.07) is 0.525. The first-order chi connectivity index (χ1) is 11.0. The summed E-state index contributed by atoms with van der Waals surface area (Å²) in [5.74, 6) is -0.123. The van der Waals surface area contributed by atoms with Gasteiger partial charge in [-0.1, -0.05) is 13.8 Å². The van der Waals surface area contributed by atoms with Crippen LogP contribution in [0.3, 0.4) is 0 Å². The van der Waals surface area contributed by atoms with Crippen molar-refractivity contribution in [2.45, 2.75) is 78.0 Å². The Bertz CT molecular complexity index is 500. The van der Waals surface area contributed by atoms with Gasteiger partial charge in [-0.2, -0.15) is 0 Å². The van der Waals surface area contributed by atoms with Gasteiger partial charge in [-0.3, -0.25) is 9.69 Å². The van der Waals surface area contributed by atoms with Crippen LogP contribution in [-0.2, 0) is 9.53 Å². The number of carbonyl (C=O) groups excluding carboxylic acids is 2. The van der Waals surface area contributed by atoms with Gasteiger partial charge in [0.25, 0.3) is 0 Å². The summed E-state index contributed by atoms with van der Waals surface area (Å²) in [5, 5.41) is 5.70. The van der Waals surface area contributed by atoms with Crippen LogP contribution >= 0.6 is 0 Å². The molecule has 2 rings (SSSR count). The minimum Gasteiger partial charge on any atom is -0.453 e. The normalized spacial score (nSPS) is 30.7. The van der Waals surface area contributed by atoms with Crippen molar-refractivity contribution in [1.29, 1.82) is 0 Å². The number of hydrogen-bond donors (Lipinski definition) is 2. The molecule has 4 atom stereocenters. The van der Waals surface area contributed by atoms with Crippen LogP contribution in [0.1, 0.15) is 54.4 Å². The van der Waals surface area contributed by atoms with E-state index in [0.717, 1.165) is 12.8 Å². The smallest absolute Gasteiger partial charge is 0.407 e. The predicted octanol–water partition coefficient (Wildman–Crippen LogP) is 2.13. The molecule has 0 radical (unpaired) electrons. The molecular formula is C18H33N3O3. The quantitative estimate of drug-likeness (QED) is 0.805. The monoisotopic (exact) mass is 339 g/mol. The zero-order valence-electron chi connectivity index (χ0n) is 16.1. The van der Waals surface area contributed by atoms with Gasteiger partial charge >= 0.3 is 6.09 Å². The van der Waals surface area contributed by atoms with Crippen molar-refractivity contribution in [2.75, 3.05) is 13.7 Å². The van der Waals surface area contributed by atoms with Crippen molar-refractivity contribution in [2.24, 2.45) is 11.3 Å². The number of methoxy groups -OCH3 is 1. The van der Waals surface area contributed by atoms with E-state index in [2.05, 4.69) is 48.0 Å². The number of hydrogen-bond acceptors (Lipinski definition) is 4. The molecule has 2 N–H and O–H groups in total. The van der Waals surface area contributed by atoms with E-state index < -0.39 is 12.1 Å². The highest BCUT2D eigenvalue weighted by atomic mass is 16.5. The maximum Gasteiger partial charge on any atom is 0.407 e. The number of carbonyl (C=O) groups is 2. The van der Waals surface area contributed by atoms with Gasteiger partial charge in [-0.25, -0.2) is 4.79 Å². The molecule has 24 heavy (non-hydrogen) atoms. The molecule has 2 fully saturated rings. The van der Waals surface area contributed by atoms with Crippen LogP contribution < -0.4 is 10.6 Å². The zero-order chi connectivity index (χ0) is 18.3. The van der Waals surface area contributed by atoms with Gasteiger partial charge in [0.15, 0.2) is 0 Å². The Hall–Kier alpha value is -1.30. The highest BCUT2D eigenvalue weighted by molar-refractivity contribution is 5.85. The SMILES string of the molecule is COC(=O)N[C@H](C(=O)NCC12CC1N(C(C)(C)C)[C@H](C)C2)C(C)C. The van der Waals surface area contributed by atoms with Gasteiger partial charge in [-0.05, 0) is 46.5 Å². The van der Waals surface area contributed by atoms with Crippen LogP contribution in [0, 0.1) is 11.3 Å². The summed E-state index contributed by atoms with van der Waals surface area (Å²) in [7, 11) is 1.30. The Morgan fingerprint density at radius 3 is 2.38 bits per heavy atom. The summed E-state index contributed by atoms with van der Waals surface area (Å²) in [6.07, 6.45) is 1.69. The van der Waals surface area contributed by atoms with Crippen LogP contribution in [0.25, 0.3) is 0 Å². The fraction of sp³-hybridized carbons (Fsp3) is 0.889. The molecule has 2 unspecified atom stereocenters. The molecule has 1 aliphatic carbocycles. The molecule has 1 saturated carbocycles. The molecule has 0 aromatic rings. The van der Waals surface area contributed by atoms with E-state index in [-0.39, 0.29) is 22.8 Å². The summed E-state index contributed by atoms with van der Waals surface area (Å²) in [4.78, 5) is 26.5. The largest absolute Gasteiger partial charge is 0.453 e. The molecule has 0 spiro atoms. The lowest BCUT2D eigenvalue weighted by Crippen LogP contribution is -2.50. The van der Waals surface area contributed by atoms with Crippen LogP contribution in [0.5, 0.6) is 0 Å². The van der Waals surface area contributed by atoms with Crippen molar-refractivity contribution < 1.29 is 14.3 Å². The third-order valence-corrected chi connectivity index (χ3v) is 5.46. The number of fused-ring (bicyclic) bond motifs is 1. The molecule has 138 valence electrons. The van der Waals surface area contributed by atoms with Gasteiger partial charge in [-0.15, -0.1) is 0 Å². The van der Waals surface area contributed by atoms with Crippen molar-refractivity contribution in [3.8, 4) is 0 Å². The van der Waals surface area contributed by atoms with Gasteiger partial charge in [0, 0.05) is 29.6 Å². The molecule has 2 amide bonds. The number of likely N-dealkylation sites (tertiary alicyclic amines) is 1. The molecule has 1 aliphatic heterocycles. The van der Waals surface area contributed by atoms with Crippen LogP contribution in [0.2, 0.25) is 0 Å². The molecule has 0 bridgehead atoms. The number of piperidine rings is 1. The number of ether oxygens (including phenoxy) is 1. The van der Waals surface area contributed by atoms with Gasteiger partial charge in [0.05, 0.1) is 7.11 Å². The molecule has 2 aliphatic rings.